The molecule has 0 aromatic heterocycles. The van der Waals surface area contributed by atoms with E-state index in [9.17, 15) is 23.2 Å². The summed E-state index contributed by atoms with van der Waals surface area (Å²) in [6.45, 7) is 5.60. The predicted octanol–water partition coefficient (Wildman–Crippen LogP) is 4.05. The molecule has 3 N–H and O–H groups in total. The van der Waals surface area contributed by atoms with Crippen LogP contribution in [-0.2, 0) is 27.2 Å². The van der Waals surface area contributed by atoms with Crippen LogP contribution in [0.5, 0.6) is 0 Å². The number of benzene rings is 2. The number of rotatable bonds is 10. The fraction of sp³-hybridized carbons (Fsp3) is 0.448. The number of halogens is 2. The van der Waals surface area contributed by atoms with Crippen LogP contribution in [0.15, 0.2) is 47.5 Å². The van der Waals surface area contributed by atoms with Crippen molar-refractivity contribution in [3.05, 3.63) is 65.2 Å². The van der Waals surface area contributed by atoms with E-state index < -0.39 is 23.0 Å². The van der Waals surface area contributed by atoms with Gasteiger partial charge in [-0.3, -0.25) is 19.4 Å². The van der Waals surface area contributed by atoms with Crippen molar-refractivity contribution in [1.82, 2.24) is 16.0 Å². The molecule has 3 amide bonds. The van der Waals surface area contributed by atoms with E-state index in [2.05, 4.69) is 20.9 Å². The van der Waals surface area contributed by atoms with Gasteiger partial charge in [0.15, 0.2) is 0 Å². The van der Waals surface area contributed by atoms with Gasteiger partial charge in [0, 0.05) is 36.1 Å². The van der Waals surface area contributed by atoms with Crippen molar-refractivity contribution >= 4 is 29.1 Å². The van der Waals surface area contributed by atoms with E-state index >= 15 is 0 Å². The van der Waals surface area contributed by atoms with Crippen LogP contribution in [0.2, 0.25) is 0 Å². The molecule has 2 aliphatic rings. The molecule has 1 fully saturated rings. The third kappa shape index (κ3) is 7.02. The minimum Gasteiger partial charge on any atom is -0.352 e. The van der Waals surface area contributed by atoms with E-state index in [4.69, 9.17) is 0 Å². The quantitative estimate of drug-likeness (QED) is 0.437. The van der Waals surface area contributed by atoms with Crippen molar-refractivity contribution in [3.8, 4) is 0 Å². The van der Waals surface area contributed by atoms with Gasteiger partial charge in [-0.2, -0.15) is 0 Å². The summed E-state index contributed by atoms with van der Waals surface area (Å²) >= 11 is 0. The fourth-order valence-corrected chi connectivity index (χ4v) is 4.59. The molecule has 4 rings (SSSR count). The van der Waals surface area contributed by atoms with E-state index in [1.54, 1.807) is 24.3 Å². The molecule has 38 heavy (non-hydrogen) atoms. The van der Waals surface area contributed by atoms with Crippen LogP contribution < -0.4 is 16.0 Å². The summed E-state index contributed by atoms with van der Waals surface area (Å²) in [4.78, 5) is 43.2. The molecule has 0 saturated heterocycles. The van der Waals surface area contributed by atoms with Gasteiger partial charge in [-0.25, -0.2) is 8.78 Å². The van der Waals surface area contributed by atoms with Gasteiger partial charge in [-0.1, -0.05) is 18.2 Å². The molecule has 9 heteroatoms. The molecule has 0 bridgehead atoms. The fourth-order valence-electron chi connectivity index (χ4n) is 4.59. The second kappa shape index (κ2) is 11.0. The van der Waals surface area contributed by atoms with Crippen LogP contribution in [0.1, 0.15) is 64.0 Å². The summed E-state index contributed by atoms with van der Waals surface area (Å²) < 4.78 is 27.4. The molecule has 0 unspecified atom stereocenters. The molecule has 0 radical (unpaired) electrons. The first-order chi connectivity index (χ1) is 17.9. The first-order valence-electron chi connectivity index (χ1n) is 13.0. The average molecular weight is 525 g/mol. The number of amides is 3. The molecule has 1 atom stereocenters. The van der Waals surface area contributed by atoms with Crippen LogP contribution in [0.25, 0.3) is 0 Å². The highest BCUT2D eigenvalue weighted by Gasteiger charge is 2.50. The van der Waals surface area contributed by atoms with E-state index in [0.29, 0.717) is 42.6 Å². The van der Waals surface area contributed by atoms with Gasteiger partial charge in [0.1, 0.15) is 17.7 Å². The van der Waals surface area contributed by atoms with Crippen molar-refractivity contribution in [2.45, 2.75) is 82.8 Å². The Kier molecular flexibility index (Phi) is 7.94. The minimum atomic E-state index is -0.931. The minimum absolute atomic E-state index is 0.0538. The molecular formula is C29H34F2N4O3. The van der Waals surface area contributed by atoms with E-state index in [0.717, 1.165) is 5.56 Å². The van der Waals surface area contributed by atoms with Gasteiger partial charge in [-0.15, -0.1) is 0 Å². The summed E-state index contributed by atoms with van der Waals surface area (Å²) in [6.07, 6.45) is 2.33. The van der Waals surface area contributed by atoms with E-state index in [-0.39, 0.29) is 42.7 Å². The van der Waals surface area contributed by atoms with Crippen LogP contribution in [0.3, 0.4) is 0 Å². The molecule has 202 valence electrons. The Morgan fingerprint density at radius 3 is 2.34 bits per heavy atom. The Labute approximate surface area is 221 Å². The summed E-state index contributed by atoms with van der Waals surface area (Å²) in [5.41, 5.74) is 1.51. The second-order valence-electron chi connectivity index (χ2n) is 11.1. The lowest BCUT2D eigenvalue weighted by Gasteiger charge is -2.24. The van der Waals surface area contributed by atoms with Gasteiger partial charge in [-0.05, 0) is 76.3 Å². The SMILES string of the molecule is CC(C)(C)NC(=O)CC[C@H](NC(=O)CCc1ccc(F)cc1)C(=O)NC1(C2=Nc3cccc(F)c3C2)CC1. The maximum atomic E-state index is 14.3. The lowest BCUT2D eigenvalue weighted by Crippen LogP contribution is -2.53. The molecule has 2 aromatic carbocycles. The highest BCUT2D eigenvalue weighted by atomic mass is 19.1. The van der Waals surface area contributed by atoms with Crippen molar-refractivity contribution in [2.75, 3.05) is 0 Å². The lowest BCUT2D eigenvalue weighted by molar-refractivity contribution is -0.130. The van der Waals surface area contributed by atoms with Gasteiger partial charge < -0.3 is 16.0 Å². The molecule has 1 aliphatic heterocycles. The Hall–Kier alpha value is -3.62. The Bertz CT molecular complexity index is 1250. The number of aryl methyl sites for hydroxylation is 1. The largest absolute Gasteiger partial charge is 0.352 e. The number of nitrogens with zero attached hydrogens (tertiary/aromatic N) is 1. The number of fused-ring (bicyclic) bond motifs is 1. The Balaban J connectivity index is 1.41. The monoisotopic (exact) mass is 524 g/mol. The molecular weight excluding hydrogens is 490 g/mol. The first kappa shape index (κ1) is 27.4. The molecule has 1 aliphatic carbocycles. The maximum absolute atomic E-state index is 14.3. The predicted molar refractivity (Wildman–Crippen MR) is 141 cm³/mol. The number of carbonyl (C=O) groups excluding carboxylic acids is 3. The average Bonchev–Trinajstić information content (AvgIpc) is 3.47. The van der Waals surface area contributed by atoms with E-state index in [1.807, 2.05) is 20.8 Å². The number of aliphatic imine (C=N–C) groups is 1. The Morgan fingerprint density at radius 1 is 1.00 bits per heavy atom. The first-order valence-corrected chi connectivity index (χ1v) is 13.0. The molecule has 1 heterocycles. The molecule has 1 saturated carbocycles. The van der Waals surface area contributed by atoms with Crippen molar-refractivity contribution in [2.24, 2.45) is 4.99 Å². The van der Waals surface area contributed by atoms with Crippen LogP contribution >= 0.6 is 0 Å². The third-order valence-electron chi connectivity index (χ3n) is 6.74. The number of hydrogen-bond acceptors (Lipinski definition) is 4. The molecule has 2 aromatic rings. The number of carbonyl (C=O) groups is 3. The van der Waals surface area contributed by atoms with Crippen molar-refractivity contribution < 1.29 is 23.2 Å². The second-order valence-corrected chi connectivity index (χ2v) is 11.1. The molecule has 0 spiro atoms. The highest BCUT2D eigenvalue weighted by Crippen LogP contribution is 2.43. The zero-order valence-corrected chi connectivity index (χ0v) is 22.0. The van der Waals surface area contributed by atoms with Gasteiger partial charge >= 0.3 is 0 Å². The highest BCUT2D eigenvalue weighted by molar-refractivity contribution is 6.05. The van der Waals surface area contributed by atoms with Crippen LogP contribution in [0, 0.1) is 11.6 Å². The van der Waals surface area contributed by atoms with Gasteiger partial charge in [0.25, 0.3) is 0 Å². The Morgan fingerprint density at radius 2 is 1.71 bits per heavy atom. The normalized spacial score (nSPS) is 16.2. The summed E-state index contributed by atoms with van der Waals surface area (Å²) in [5, 5.41) is 8.69. The number of hydrogen-bond donors (Lipinski definition) is 3. The van der Waals surface area contributed by atoms with Gasteiger partial charge in [0.2, 0.25) is 17.7 Å². The smallest absolute Gasteiger partial charge is 0.243 e. The van der Waals surface area contributed by atoms with Crippen molar-refractivity contribution in [3.63, 3.8) is 0 Å². The molecule has 7 nitrogen and oxygen atoms in total. The van der Waals surface area contributed by atoms with Crippen LogP contribution in [-0.4, -0.2) is 40.6 Å². The maximum Gasteiger partial charge on any atom is 0.243 e. The zero-order chi connectivity index (χ0) is 27.5. The standard InChI is InChI=1S/C29H34F2N4O3/c1-28(2,3)34-26(37)14-12-23(33-25(36)13-9-18-7-10-19(30)11-8-18)27(38)35-29(15-16-29)24-17-20-21(31)5-4-6-22(20)32-24/h4-8,10-11,23H,9,12-17H2,1-3H3,(H,33,36)(H,34,37)(H,35,38)/t23-/m0/s1. The lowest BCUT2D eigenvalue weighted by atomic mass is 10.0. The zero-order valence-electron chi connectivity index (χ0n) is 22.0. The summed E-state index contributed by atoms with van der Waals surface area (Å²) in [6, 6.07) is 9.73. The van der Waals surface area contributed by atoms with Crippen molar-refractivity contribution in [1.29, 1.82) is 0 Å². The van der Waals surface area contributed by atoms with E-state index in [1.165, 1.54) is 18.2 Å². The van der Waals surface area contributed by atoms with Crippen LogP contribution in [0.4, 0.5) is 14.5 Å². The number of nitrogens with one attached hydrogen (secondary N) is 3. The summed E-state index contributed by atoms with van der Waals surface area (Å²) in [7, 11) is 0. The van der Waals surface area contributed by atoms with Gasteiger partial charge in [0.05, 0.1) is 11.2 Å². The summed E-state index contributed by atoms with van der Waals surface area (Å²) in [5.74, 6) is -1.64. The topological polar surface area (TPSA) is 99.7 Å². The third-order valence-corrected chi connectivity index (χ3v) is 6.74.